The number of hydrogen-bond acceptors (Lipinski definition) is 7. The molecule has 94 valence electrons. The molecule has 0 fully saturated rings. The molecule has 0 spiro atoms. The molecule has 0 amide bonds. The molecule has 8 nitrogen and oxygen atoms in total. The first kappa shape index (κ1) is 13.7. The largest absolute Gasteiger partial charge is 0.398 e. The summed E-state index contributed by atoms with van der Waals surface area (Å²) < 4.78 is 22.1. The van der Waals surface area contributed by atoms with Gasteiger partial charge in [-0.05, 0) is 13.8 Å². The summed E-state index contributed by atoms with van der Waals surface area (Å²) in [6.45, 7) is 3.63. The number of aromatic nitrogens is 2. The summed E-state index contributed by atoms with van der Waals surface area (Å²) in [7, 11) is -3.57. The Morgan fingerprint density at radius 1 is 1.29 bits per heavy atom. The second-order valence-corrected chi connectivity index (χ2v) is 4.74. The smallest absolute Gasteiger partial charge is 0.303 e. The van der Waals surface area contributed by atoms with Crippen molar-refractivity contribution >= 4 is 18.8 Å². The molecular formula is C8H12N3O5P. The van der Waals surface area contributed by atoms with Crippen LogP contribution in [-0.2, 0) is 13.6 Å². The van der Waals surface area contributed by atoms with E-state index in [4.69, 9.17) is 9.05 Å². The first-order valence-corrected chi connectivity index (χ1v) is 6.44. The molecule has 1 rings (SSSR count). The van der Waals surface area contributed by atoms with Crippen LogP contribution in [0.5, 0.6) is 0 Å². The van der Waals surface area contributed by atoms with E-state index in [1.807, 2.05) is 0 Å². The summed E-state index contributed by atoms with van der Waals surface area (Å²) in [5.74, 6) is 0. The average molecular weight is 261 g/mol. The highest BCUT2D eigenvalue weighted by Crippen LogP contribution is 2.45. The molecule has 0 radical (unpaired) electrons. The quantitative estimate of drug-likeness (QED) is 0.431. The van der Waals surface area contributed by atoms with Gasteiger partial charge in [0.15, 0.2) is 0 Å². The minimum absolute atomic E-state index is 0.164. The van der Waals surface area contributed by atoms with E-state index in [1.165, 1.54) is 0 Å². The summed E-state index contributed by atoms with van der Waals surface area (Å²) in [6.07, 6.45) is 1.93. The van der Waals surface area contributed by atoms with Crippen molar-refractivity contribution in [2.45, 2.75) is 13.8 Å². The second kappa shape index (κ2) is 5.81. The molecule has 9 heteroatoms. The van der Waals surface area contributed by atoms with E-state index >= 15 is 0 Å². The van der Waals surface area contributed by atoms with Gasteiger partial charge in [0.25, 0.3) is 0 Å². The maximum Gasteiger partial charge on any atom is 0.398 e. The van der Waals surface area contributed by atoms with Gasteiger partial charge in [0.05, 0.1) is 18.1 Å². The van der Waals surface area contributed by atoms with Gasteiger partial charge < -0.3 is 9.05 Å². The van der Waals surface area contributed by atoms with Crippen LogP contribution in [0, 0.1) is 10.1 Å². The third-order valence-electron chi connectivity index (χ3n) is 1.68. The zero-order chi connectivity index (χ0) is 12.9. The molecule has 0 atom stereocenters. The van der Waals surface area contributed by atoms with E-state index < -0.39 is 12.5 Å². The van der Waals surface area contributed by atoms with Crippen LogP contribution in [0.1, 0.15) is 13.8 Å². The van der Waals surface area contributed by atoms with Gasteiger partial charge in [0, 0.05) is 0 Å². The van der Waals surface area contributed by atoms with Crippen LogP contribution < -0.4 is 5.57 Å². The first-order valence-electron chi connectivity index (χ1n) is 4.89. The van der Waals surface area contributed by atoms with E-state index in [0.717, 1.165) is 12.4 Å². The highest BCUT2D eigenvalue weighted by atomic mass is 31.2. The van der Waals surface area contributed by atoms with Crippen LogP contribution in [0.4, 0.5) is 5.69 Å². The van der Waals surface area contributed by atoms with Crippen molar-refractivity contribution in [3.05, 3.63) is 22.5 Å². The van der Waals surface area contributed by atoms with Crippen LogP contribution in [0.3, 0.4) is 0 Å². The number of nitro groups is 1. The van der Waals surface area contributed by atoms with E-state index in [1.54, 1.807) is 13.8 Å². The fraction of sp³-hybridized carbons (Fsp3) is 0.500. The van der Waals surface area contributed by atoms with E-state index in [2.05, 4.69) is 9.97 Å². The maximum atomic E-state index is 12.2. The minimum Gasteiger partial charge on any atom is -0.303 e. The molecule has 0 unspecified atom stereocenters. The molecular weight excluding hydrogens is 249 g/mol. The third kappa shape index (κ3) is 3.29. The molecule has 1 aromatic rings. The van der Waals surface area contributed by atoms with Crippen LogP contribution >= 0.6 is 7.60 Å². The molecule has 0 aliphatic heterocycles. The van der Waals surface area contributed by atoms with Crippen molar-refractivity contribution in [3.63, 3.8) is 0 Å². The van der Waals surface area contributed by atoms with E-state index in [9.17, 15) is 14.7 Å². The molecule has 0 bridgehead atoms. The van der Waals surface area contributed by atoms with Gasteiger partial charge in [0.1, 0.15) is 12.4 Å². The summed E-state index contributed by atoms with van der Waals surface area (Å²) in [4.78, 5) is 17.1. The van der Waals surface area contributed by atoms with Gasteiger partial charge in [-0.1, -0.05) is 0 Å². The third-order valence-corrected chi connectivity index (χ3v) is 3.60. The molecule has 0 saturated heterocycles. The van der Waals surface area contributed by atoms with Gasteiger partial charge in [-0.25, -0.2) is 9.97 Å². The molecule has 0 aliphatic carbocycles. The number of nitrogens with zero attached hydrogens (tertiary/aromatic N) is 3. The SMILES string of the molecule is CCOP(=O)(OCC)c1ncc([N+](=O)[O-])cn1. The van der Waals surface area contributed by atoms with Crippen molar-refractivity contribution in [2.75, 3.05) is 13.2 Å². The zero-order valence-electron chi connectivity index (χ0n) is 9.40. The first-order chi connectivity index (χ1) is 8.03. The van der Waals surface area contributed by atoms with Gasteiger partial charge in [0.2, 0.25) is 5.57 Å². The lowest BCUT2D eigenvalue weighted by Crippen LogP contribution is -2.18. The lowest BCUT2D eigenvalue weighted by atomic mass is 10.6. The van der Waals surface area contributed by atoms with Crippen molar-refractivity contribution in [1.82, 2.24) is 9.97 Å². The number of hydrogen-bond donors (Lipinski definition) is 0. The van der Waals surface area contributed by atoms with Crippen molar-refractivity contribution in [3.8, 4) is 0 Å². The Labute approximate surface area is 97.7 Å². The highest BCUT2D eigenvalue weighted by Gasteiger charge is 2.30. The van der Waals surface area contributed by atoms with E-state index in [0.29, 0.717) is 0 Å². The Balaban J connectivity index is 3.03. The van der Waals surface area contributed by atoms with E-state index in [-0.39, 0.29) is 24.5 Å². The zero-order valence-corrected chi connectivity index (χ0v) is 10.3. The number of rotatable bonds is 6. The Hall–Kier alpha value is -1.37. The van der Waals surface area contributed by atoms with Gasteiger partial charge >= 0.3 is 13.3 Å². The standard InChI is InChI=1S/C8H12N3O5P/c1-3-15-17(14,16-4-2)8-9-5-7(6-10-8)11(12)13/h5-6H,3-4H2,1-2H3. The van der Waals surface area contributed by atoms with Gasteiger partial charge in [-0.2, -0.15) is 0 Å². The topological polar surface area (TPSA) is 104 Å². The predicted octanol–water partition coefficient (Wildman–Crippen LogP) is 1.28. The van der Waals surface area contributed by atoms with Gasteiger partial charge in [-0.15, -0.1) is 0 Å². The van der Waals surface area contributed by atoms with Crippen LogP contribution in [0.25, 0.3) is 0 Å². The molecule has 1 heterocycles. The minimum atomic E-state index is -3.57. The van der Waals surface area contributed by atoms with Crippen molar-refractivity contribution in [1.29, 1.82) is 0 Å². The normalized spacial score (nSPS) is 11.4. The monoisotopic (exact) mass is 261 g/mol. The van der Waals surface area contributed by atoms with Crippen LogP contribution in [0.15, 0.2) is 12.4 Å². The summed E-state index contributed by atoms with van der Waals surface area (Å²) in [5.41, 5.74) is -0.458. The molecule has 1 aromatic heterocycles. The van der Waals surface area contributed by atoms with Crippen molar-refractivity contribution in [2.24, 2.45) is 0 Å². The summed E-state index contributed by atoms with van der Waals surface area (Å²) >= 11 is 0. The molecule has 17 heavy (non-hydrogen) atoms. The van der Waals surface area contributed by atoms with Gasteiger partial charge in [-0.3, -0.25) is 14.7 Å². The fourth-order valence-corrected chi connectivity index (χ4v) is 2.43. The second-order valence-electron chi connectivity index (χ2n) is 2.83. The van der Waals surface area contributed by atoms with Crippen LogP contribution in [-0.4, -0.2) is 28.1 Å². The Bertz CT molecular complexity index is 425. The van der Waals surface area contributed by atoms with Crippen LogP contribution in [0.2, 0.25) is 0 Å². The lowest BCUT2D eigenvalue weighted by molar-refractivity contribution is -0.385. The lowest BCUT2D eigenvalue weighted by Gasteiger charge is -2.14. The fourth-order valence-electron chi connectivity index (χ4n) is 1.04. The molecule has 0 saturated carbocycles. The van der Waals surface area contributed by atoms with Crippen molar-refractivity contribution < 1.29 is 18.5 Å². The average Bonchev–Trinajstić information content (AvgIpc) is 2.30. The maximum absolute atomic E-state index is 12.2. The molecule has 0 aromatic carbocycles. The molecule has 0 N–H and O–H groups in total. The summed E-state index contributed by atoms with van der Waals surface area (Å²) in [6, 6.07) is 0. The highest BCUT2D eigenvalue weighted by molar-refractivity contribution is 7.61. The molecule has 0 aliphatic rings. The predicted molar refractivity (Wildman–Crippen MR) is 59.2 cm³/mol. The summed E-state index contributed by atoms with van der Waals surface area (Å²) in [5, 5.41) is 10.4. The Morgan fingerprint density at radius 3 is 2.12 bits per heavy atom. The Morgan fingerprint density at radius 2 is 1.76 bits per heavy atom. The Kier molecular flexibility index (Phi) is 4.68.